The van der Waals surface area contributed by atoms with E-state index in [1.165, 1.54) is 6.20 Å². The van der Waals surface area contributed by atoms with E-state index >= 15 is 0 Å². The number of rotatable bonds is 5. The van der Waals surface area contributed by atoms with Crippen LogP contribution in [0.2, 0.25) is 0 Å². The minimum atomic E-state index is -1.04. The SMILES string of the molecule is CC(C)(C)OC(=O)N1CCCC(CNC(=O)c2[nH]ncc2NC(=O)c2c(F)cccc2F)C1.[HH]. The molecule has 0 spiro atoms. The molecule has 0 aliphatic carbocycles. The average molecular weight is 466 g/mol. The monoisotopic (exact) mass is 465 g/mol. The van der Waals surface area contributed by atoms with Crippen LogP contribution in [0.4, 0.5) is 19.3 Å². The van der Waals surface area contributed by atoms with Gasteiger partial charge in [0.2, 0.25) is 0 Å². The van der Waals surface area contributed by atoms with E-state index in [4.69, 9.17) is 4.74 Å². The molecule has 3 N–H and O–H groups in total. The number of nitrogens with zero attached hydrogens (tertiary/aromatic N) is 2. The highest BCUT2D eigenvalue weighted by atomic mass is 19.1. The number of anilines is 1. The third-order valence-corrected chi connectivity index (χ3v) is 5.03. The Morgan fingerprint density at radius 1 is 1.24 bits per heavy atom. The van der Waals surface area contributed by atoms with Crippen LogP contribution >= 0.6 is 0 Å². The number of carbonyl (C=O) groups excluding carboxylic acids is 3. The summed E-state index contributed by atoms with van der Waals surface area (Å²) < 4.78 is 33.1. The van der Waals surface area contributed by atoms with Gasteiger partial charge in [0, 0.05) is 21.1 Å². The predicted molar refractivity (Wildman–Crippen MR) is 118 cm³/mol. The molecule has 0 bridgehead atoms. The van der Waals surface area contributed by atoms with Gasteiger partial charge in [-0.1, -0.05) is 6.07 Å². The summed E-state index contributed by atoms with van der Waals surface area (Å²) in [5.74, 6) is -3.61. The lowest BCUT2D eigenvalue weighted by atomic mass is 9.98. The number of piperidine rings is 1. The van der Waals surface area contributed by atoms with Crippen LogP contribution in [0.1, 0.15) is 55.9 Å². The largest absolute Gasteiger partial charge is 0.444 e. The van der Waals surface area contributed by atoms with E-state index in [1.54, 1.807) is 25.7 Å². The molecule has 1 atom stereocenters. The zero-order valence-corrected chi connectivity index (χ0v) is 18.7. The van der Waals surface area contributed by atoms with Crippen LogP contribution in [0.3, 0.4) is 0 Å². The number of hydrogen-bond donors (Lipinski definition) is 3. The van der Waals surface area contributed by atoms with Gasteiger partial charge in [0.05, 0.1) is 11.9 Å². The molecule has 0 saturated carbocycles. The van der Waals surface area contributed by atoms with E-state index < -0.39 is 40.7 Å². The number of aromatic nitrogens is 2. The van der Waals surface area contributed by atoms with Gasteiger partial charge in [-0.25, -0.2) is 13.6 Å². The number of H-pyrrole nitrogens is 1. The molecule has 1 aliphatic rings. The maximum absolute atomic E-state index is 13.9. The van der Waals surface area contributed by atoms with Gasteiger partial charge in [-0.2, -0.15) is 5.10 Å². The number of ether oxygens (including phenoxy) is 1. The van der Waals surface area contributed by atoms with Crippen LogP contribution in [-0.2, 0) is 4.74 Å². The number of nitrogens with one attached hydrogen (secondary N) is 3. The normalized spacial score (nSPS) is 16.3. The van der Waals surface area contributed by atoms with E-state index in [2.05, 4.69) is 20.8 Å². The Bertz CT molecular complexity index is 1020. The molecule has 9 nitrogen and oxygen atoms in total. The van der Waals surface area contributed by atoms with Crippen molar-refractivity contribution in [1.82, 2.24) is 20.4 Å². The molecule has 1 fully saturated rings. The summed E-state index contributed by atoms with van der Waals surface area (Å²) in [5.41, 5.74) is -1.42. The van der Waals surface area contributed by atoms with Crippen LogP contribution in [0.25, 0.3) is 0 Å². The maximum Gasteiger partial charge on any atom is 0.410 e. The molecule has 3 amide bonds. The molecular formula is C22H29F2N5O4. The number of hydrogen-bond acceptors (Lipinski definition) is 5. The van der Waals surface area contributed by atoms with Gasteiger partial charge >= 0.3 is 6.09 Å². The van der Waals surface area contributed by atoms with E-state index in [0.29, 0.717) is 13.1 Å². The van der Waals surface area contributed by atoms with Crippen molar-refractivity contribution in [2.45, 2.75) is 39.2 Å². The first-order valence-electron chi connectivity index (χ1n) is 10.6. The molecule has 1 aromatic carbocycles. The zero-order chi connectivity index (χ0) is 24.2. The number of halogens is 2. The first-order chi connectivity index (χ1) is 15.5. The quantitative estimate of drug-likeness (QED) is 0.624. The molecule has 2 heterocycles. The van der Waals surface area contributed by atoms with Gasteiger partial charge in [0.15, 0.2) is 0 Å². The molecule has 11 heteroatoms. The summed E-state index contributed by atoms with van der Waals surface area (Å²) in [5, 5.41) is 11.3. The van der Waals surface area contributed by atoms with E-state index in [-0.39, 0.29) is 25.3 Å². The third-order valence-electron chi connectivity index (χ3n) is 5.03. The van der Waals surface area contributed by atoms with Crippen LogP contribution in [0.15, 0.2) is 24.4 Å². The molecule has 1 aliphatic heterocycles. The lowest BCUT2D eigenvalue weighted by molar-refractivity contribution is 0.0167. The second kappa shape index (κ2) is 9.97. The van der Waals surface area contributed by atoms with E-state index in [0.717, 1.165) is 31.0 Å². The van der Waals surface area contributed by atoms with Crippen LogP contribution in [0.5, 0.6) is 0 Å². The first-order valence-corrected chi connectivity index (χ1v) is 10.6. The van der Waals surface area contributed by atoms with Crippen molar-refractivity contribution in [1.29, 1.82) is 0 Å². The number of benzene rings is 1. The summed E-state index contributed by atoms with van der Waals surface area (Å²) in [6.45, 7) is 6.71. The summed E-state index contributed by atoms with van der Waals surface area (Å²) in [7, 11) is 0. The number of likely N-dealkylation sites (tertiary alicyclic amines) is 1. The fourth-order valence-electron chi connectivity index (χ4n) is 3.50. The zero-order valence-electron chi connectivity index (χ0n) is 18.7. The highest BCUT2D eigenvalue weighted by Crippen LogP contribution is 2.20. The Kier molecular flexibility index (Phi) is 7.29. The van der Waals surface area contributed by atoms with Crippen LogP contribution in [-0.4, -0.2) is 58.2 Å². The highest BCUT2D eigenvalue weighted by Gasteiger charge is 2.28. The van der Waals surface area contributed by atoms with Gasteiger partial charge < -0.3 is 20.3 Å². The van der Waals surface area contributed by atoms with E-state index in [1.807, 2.05) is 0 Å². The Morgan fingerprint density at radius 3 is 2.61 bits per heavy atom. The average Bonchev–Trinajstić information content (AvgIpc) is 3.19. The number of amides is 3. The lowest BCUT2D eigenvalue weighted by Crippen LogP contribution is -2.45. The fraction of sp³-hybridized carbons (Fsp3) is 0.455. The van der Waals surface area contributed by atoms with Crippen molar-refractivity contribution in [2.24, 2.45) is 5.92 Å². The minimum Gasteiger partial charge on any atom is -0.444 e. The van der Waals surface area contributed by atoms with Crippen LogP contribution < -0.4 is 10.6 Å². The molecular weight excluding hydrogens is 436 g/mol. The van der Waals surface area contributed by atoms with E-state index in [9.17, 15) is 23.2 Å². The molecule has 0 radical (unpaired) electrons. The minimum absolute atomic E-state index is 0. The maximum atomic E-state index is 13.9. The van der Waals surface area contributed by atoms with Gasteiger partial charge in [-0.05, 0) is 51.7 Å². The summed E-state index contributed by atoms with van der Waals surface area (Å²) >= 11 is 0. The Labute approximate surface area is 191 Å². The van der Waals surface area contributed by atoms with Gasteiger partial charge in [0.1, 0.15) is 28.5 Å². The van der Waals surface area contributed by atoms with Crippen molar-refractivity contribution in [3.05, 3.63) is 47.3 Å². The molecule has 33 heavy (non-hydrogen) atoms. The third kappa shape index (κ3) is 6.27. The summed E-state index contributed by atoms with van der Waals surface area (Å²) in [6.07, 6.45) is 2.38. The number of aromatic amines is 1. The molecule has 180 valence electrons. The Hall–Kier alpha value is -3.50. The van der Waals surface area contributed by atoms with Crippen molar-refractivity contribution >= 4 is 23.6 Å². The molecule has 1 unspecified atom stereocenters. The van der Waals surface area contributed by atoms with Gasteiger partial charge in [0.25, 0.3) is 11.8 Å². The standard InChI is InChI=1S/C22H27F2N5O4.H2/c1-22(2,3)33-21(32)29-9-5-6-13(12-29)10-25-20(31)18-16(11-26-28-18)27-19(30)17-14(23)7-4-8-15(17)24;/h4,7-8,11,13H,5-6,9-10,12H2,1-3H3,(H,25,31)(H,26,28)(H,27,30);1H. The topological polar surface area (TPSA) is 116 Å². The highest BCUT2D eigenvalue weighted by molar-refractivity contribution is 6.08. The van der Waals surface area contributed by atoms with Crippen LogP contribution in [0, 0.1) is 17.6 Å². The molecule has 1 aromatic heterocycles. The van der Waals surface area contributed by atoms with Crippen molar-refractivity contribution in [3.8, 4) is 0 Å². The summed E-state index contributed by atoms with van der Waals surface area (Å²) in [4.78, 5) is 38.9. The van der Waals surface area contributed by atoms with Gasteiger partial charge in [-0.3, -0.25) is 14.7 Å². The first kappa shape index (κ1) is 24.1. The predicted octanol–water partition coefficient (Wildman–Crippen LogP) is 3.56. The van der Waals surface area contributed by atoms with Crippen molar-refractivity contribution in [2.75, 3.05) is 25.0 Å². The lowest BCUT2D eigenvalue weighted by Gasteiger charge is -2.34. The molecule has 1 saturated heterocycles. The second-order valence-electron chi connectivity index (χ2n) is 8.85. The Balaban J connectivity index is 0.00000408. The second-order valence-corrected chi connectivity index (χ2v) is 8.85. The number of carbonyl (C=O) groups is 3. The Morgan fingerprint density at radius 2 is 1.94 bits per heavy atom. The van der Waals surface area contributed by atoms with Crippen molar-refractivity contribution < 1.29 is 29.3 Å². The van der Waals surface area contributed by atoms with Crippen molar-refractivity contribution in [3.63, 3.8) is 0 Å². The summed E-state index contributed by atoms with van der Waals surface area (Å²) in [6, 6.07) is 3.07. The fourth-order valence-corrected chi connectivity index (χ4v) is 3.50. The molecule has 2 aromatic rings. The molecule has 3 rings (SSSR count). The smallest absolute Gasteiger partial charge is 0.410 e. The van der Waals surface area contributed by atoms with Gasteiger partial charge in [-0.15, -0.1) is 0 Å².